The molecule has 0 aliphatic heterocycles. The average molecular weight is 251 g/mol. The summed E-state index contributed by atoms with van der Waals surface area (Å²) in [6, 6.07) is 0.843. The molecule has 0 unspecified atom stereocenters. The summed E-state index contributed by atoms with van der Waals surface area (Å²) < 4.78 is 36.8. The number of anilines is 1. The van der Waals surface area contributed by atoms with Gasteiger partial charge in [0.1, 0.15) is 5.82 Å². The molecule has 2 nitrogen and oxygen atoms in total. The molecule has 0 fully saturated rings. The maximum Gasteiger partial charge on any atom is 0.417 e. The fourth-order valence-electron chi connectivity index (χ4n) is 0.958. The third-order valence-corrected chi connectivity index (χ3v) is 2.01. The minimum absolute atomic E-state index is 0.0592. The van der Waals surface area contributed by atoms with Gasteiger partial charge in [-0.1, -0.05) is 23.8 Å². The van der Waals surface area contributed by atoms with Gasteiger partial charge < -0.3 is 5.32 Å². The van der Waals surface area contributed by atoms with Crippen molar-refractivity contribution in [2.75, 3.05) is 11.9 Å². The molecule has 1 heterocycles. The average Bonchev–Trinajstić information content (AvgIpc) is 2.14. The maximum atomic E-state index is 12.3. The molecule has 1 rings (SSSR count). The number of alkyl halides is 3. The molecule has 16 heavy (non-hydrogen) atoms. The minimum Gasteiger partial charge on any atom is -0.365 e. The summed E-state index contributed by atoms with van der Waals surface area (Å²) in [5.41, 5.74) is -0.0314. The van der Waals surface area contributed by atoms with Gasteiger partial charge in [-0.05, 0) is 13.0 Å². The van der Waals surface area contributed by atoms with E-state index < -0.39 is 11.7 Å². The van der Waals surface area contributed by atoms with Crippen LogP contribution in [0.2, 0.25) is 5.02 Å². The van der Waals surface area contributed by atoms with Gasteiger partial charge in [0.2, 0.25) is 0 Å². The molecule has 6 heteroatoms. The molecule has 1 aromatic rings. The molecular weight excluding hydrogens is 241 g/mol. The van der Waals surface area contributed by atoms with Crippen LogP contribution >= 0.6 is 11.6 Å². The predicted octanol–water partition coefficient (Wildman–Crippen LogP) is 3.74. The summed E-state index contributed by atoms with van der Waals surface area (Å²) >= 11 is 5.66. The minimum atomic E-state index is -4.43. The molecule has 0 radical (unpaired) electrons. The van der Waals surface area contributed by atoms with E-state index in [1.54, 1.807) is 6.92 Å². The van der Waals surface area contributed by atoms with E-state index in [2.05, 4.69) is 16.9 Å². The largest absolute Gasteiger partial charge is 0.417 e. The highest BCUT2D eigenvalue weighted by molar-refractivity contribution is 6.32. The van der Waals surface area contributed by atoms with E-state index in [0.29, 0.717) is 6.54 Å². The Labute approximate surface area is 96.1 Å². The lowest BCUT2D eigenvalue weighted by Crippen LogP contribution is -2.08. The monoisotopic (exact) mass is 250 g/mol. The molecule has 0 bridgehead atoms. The van der Waals surface area contributed by atoms with Crippen molar-refractivity contribution in [1.82, 2.24) is 4.98 Å². The van der Waals surface area contributed by atoms with Crippen LogP contribution in [0.25, 0.3) is 0 Å². The van der Waals surface area contributed by atoms with Crippen LogP contribution < -0.4 is 5.32 Å². The Morgan fingerprint density at radius 1 is 1.56 bits per heavy atom. The van der Waals surface area contributed by atoms with Crippen molar-refractivity contribution in [3.63, 3.8) is 0 Å². The highest BCUT2D eigenvalue weighted by Gasteiger charge is 2.31. The quantitative estimate of drug-likeness (QED) is 0.827. The van der Waals surface area contributed by atoms with E-state index in [-0.39, 0.29) is 10.8 Å². The third kappa shape index (κ3) is 3.41. The predicted molar refractivity (Wildman–Crippen MR) is 57.6 cm³/mol. The number of halogens is 4. The highest BCUT2D eigenvalue weighted by atomic mass is 35.5. The first-order valence-corrected chi connectivity index (χ1v) is 4.79. The molecule has 0 spiro atoms. The van der Waals surface area contributed by atoms with Gasteiger partial charge in [-0.3, -0.25) is 0 Å². The Bertz CT molecular complexity index is 402. The molecule has 0 atom stereocenters. The summed E-state index contributed by atoms with van der Waals surface area (Å²) in [5.74, 6) is 0.220. The van der Waals surface area contributed by atoms with E-state index in [4.69, 9.17) is 11.6 Å². The Morgan fingerprint density at radius 3 is 2.62 bits per heavy atom. The number of pyridine rings is 1. The summed E-state index contributed by atoms with van der Waals surface area (Å²) in [6.45, 7) is 5.84. The SMILES string of the molecule is C=C(C)CNc1ncc(C(F)(F)F)cc1Cl. The van der Waals surface area contributed by atoms with Gasteiger partial charge in [0.15, 0.2) is 0 Å². The van der Waals surface area contributed by atoms with Crippen molar-refractivity contribution in [2.45, 2.75) is 13.1 Å². The molecule has 88 valence electrons. The van der Waals surface area contributed by atoms with E-state index in [0.717, 1.165) is 17.8 Å². The first-order valence-electron chi connectivity index (χ1n) is 4.41. The molecule has 1 aromatic heterocycles. The van der Waals surface area contributed by atoms with Crippen LogP contribution in [0.1, 0.15) is 12.5 Å². The van der Waals surface area contributed by atoms with Crippen molar-refractivity contribution in [3.8, 4) is 0 Å². The van der Waals surface area contributed by atoms with Crippen molar-refractivity contribution in [1.29, 1.82) is 0 Å². The molecule has 0 aliphatic carbocycles. The zero-order valence-electron chi connectivity index (χ0n) is 8.53. The second-order valence-electron chi connectivity index (χ2n) is 3.36. The Balaban J connectivity index is 2.88. The molecule has 0 saturated heterocycles. The first kappa shape index (κ1) is 12.8. The standard InChI is InChI=1S/C10H10ClF3N2/c1-6(2)4-15-9-8(11)3-7(5-16-9)10(12,13)14/h3,5H,1,4H2,2H3,(H,15,16). The van der Waals surface area contributed by atoms with Crippen LogP contribution in [0.15, 0.2) is 24.4 Å². The second-order valence-corrected chi connectivity index (χ2v) is 3.77. The molecule has 0 aromatic carbocycles. The highest BCUT2D eigenvalue weighted by Crippen LogP contribution is 2.32. The van der Waals surface area contributed by atoms with E-state index in [9.17, 15) is 13.2 Å². The van der Waals surface area contributed by atoms with Gasteiger partial charge in [0.05, 0.1) is 10.6 Å². The van der Waals surface area contributed by atoms with E-state index in [1.807, 2.05) is 0 Å². The van der Waals surface area contributed by atoms with Crippen LogP contribution in [0.5, 0.6) is 0 Å². The van der Waals surface area contributed by atoms with Gasteiger partial charge in [0, 0.05) is 12.7 Å². The number of nitrogens with one attached hydrogen (secondary N) is 1. The normalized spacial score (nSPS) is 11.3. The lowest BCUT2D eigenvalue weighted by molar-refractivity contribution is -0.137. The van der Waals surface area contributed by atoms with Crippen molar-refractivity contribution in [2.24, 2.45) is 0 Å². The van der Waals surface area contributed by atoms with E-state index in [1.165, 1.54) is 0 Å². The van der Waals surface area contributed by atoms with Gasteiger partial charge in [-0.25, -0.2) is 4.98 Å². The molecule has 0 amide bonds. The molecular formula is C10H10ClF3N2. The van der Waals surface area contributed by atoms with Crippen LogP contribution in [0.4, 0.5) is 19.0 Å². The molecule has 0 saturated carbocycles. The van der Waals surface area contributed by atoms with E-state index >= 15 is 0 Å². The van der Waals surface area contributed by atoms with Gasteiger partial charge in [-0.15, -0.1) is 0 Å². The molecule has 1 N–H and O–H groups in total. The summed E-state index contributed by atoms with van der Waals surface area (Å²) in [4.78, 5) is 3.61. The lowest BCUT2D eigenvalue weighted by Gasteiger charge is -2.10. The number of aromatic nitrogens is 1. The number of nitrogens with zero attached hydrogens (tertiary/aromatic N) is 1. The second kappa shape index (κ2) is 4.74. The third-order valence-electron chi connectivity index (χ3n) is 1.73. The summed E-state index contributed by atoms with van der Waals surface area (Å²) in [5, 5.41) is 2.72. The van der Waals surface area contributed by atoms with Gasteiger partial charge in [-0.2, -0.15) is 13.2 Å². The Kier molecular flexibility index (Phi) is 3.80. The number of rotatable bonds is 3. The van der Waals surface area contributed by atoms with Crippen molar-refractivity contribution >= 4 is 17.4 Å². The smallest absolute Gasteiger partial charge is 0.365 e. The van der Waals surface area contributed by atoms with Crippen LogP contribution in [-0.2, 0) is 6.18 Å². The number of hydrogen-bond donors (Lipinski definition) is 1. The Hall–Kier alpha value is -1.23. The summed E-state index contributed by atoms with van der Waals surface area (Å²) in [7, 11) is 0. The Morgan fingerprint density at radius 2 is 2.19 bits per heavy atom. The van der Waals surface area contributed by atoms with Crippen molar-refractivity contribution in [3.05, 3.63) is 35.0 Å². The lowest BCUT2D eigenvalue weighted by atomic mass is 10.2. The maximum absolute atomic E-state index is 12.3. The summed E-state index contributed by atoms with van der Waals surface area (Å²) in [6.07, 6.45) is -3.68. The van der Waals surface area contributed by atoms with Crippen LogP contribution in [0.3, 0.4) is 0 Å². The van der Waals surface area contributed by atoms with Crippen molar-refractivity contribution < 1.29 is 13.2 Å². The van der Waals surface area contributed by atoms with Crippen LogP contribution in [-0.4, -0.2) is 11.5 Å². The fraction of sp³-hybridized carbons (Fsp3) is 0.300. The van der Waals surface area contributed by atoms with Gasteiger partial charge >= 0.3 is 6.18 Å². The van der Waals surface area contributed by atoms with Crippen LogP contribution in [0, 0.1) is 0 Å². The topological polar surface area (TPSA) is 24.9 Å². The number of hydrogen-bond acceptors (Lipinski definition) is 2. The van der Waals surface area contributed by atoms with Gasteiger partial charge in [0.25, 0.3) is 0 Å². The molecule has 0 aliphatic rings. The fourth-order valence-corrected chi connectivity index (χ4v) is 1.19. The first-order chi connectivity index (χ1) is 7.30. The zero-order chi connectivity index (χ0) is 12.3. The zero-order valence-corrected chi connectivity index (χ0v) is 9.28.